The highest BCUT2D eigenvalue weighted by molar-refractivity contribution is 6.37. The van der Waals surface area contributed by atoms with Crippen LogP contribution in [0.15, 0.2) is 23.2 Å². The number of aromatic nitrogens is 3. The Morgan fingerprint density at radius 3 is 2.50 bits per heavy atom. The van der Waals surface area contributed by atoms with E-state index >= 15 is 0 Å². The standard InChI is InChI=1S/C10H15Cl2N3O/c1-9(2,3)10(16,8(12)4-11)5-15-7-13-6-14-15/h4,6-7,16H,5H2,1-3H3/b8-4+. The lowest BCUT2D eigenvalue weighted by Crippen LogP contribution is -2.47. The number of hydrogen-bond donors (Lipinski definition) is 1. The lowest BCUT2D eigenvalue weighted by Gasteiger charge is -2.39. The molecule has 4 nitrogen and oxygen atoms in total. The molecular formula is C10H15Cl2N3O. The molecule has 0 radical (unpaired) electrons. The van der Waals surface area contributed by atoms with Gasteiger partial charge in [-0.05, 0) is 5.41 Å². The molecule has 16 heavy (non-hydrogen) atoms. The Bertz CT molecular complexity index is 370. The maximum atomic E-state index is 10.6. The van der Waals surface area contributed by atoms with Gasteiger partial charge in [0.15, 0.2) is 0 Å². The number of hydrogen-bond acceptors (Lipinski definition) is 3. The largest absolute Gasteiger partial charge is 0.382 e. The highest BCUT2D eigenvalue weighted by Crippen LogP contribution is 2.39. The molecule has 1 atom stereocenters. The van der Waals surface area contributed by atoms with Crippen molar-refractivity contribution in [2.45, 2.75) is 32.9 Å². The minimum atomic E-state index is -1.27. The number of rotatable bonds is 3. The Morgan fingerprint density at radius 1 is 1.50 bits per heavy atom. The van der Waals surface area contributed by atoms with Crippen LogP contribution in [-0.2, 0) is 6.54 Å². The average molecular weight is 264 g/mol. The molecule has 0 spiro atoms. The molecular weight excluding hydrogens is 249 g/mol. The van der Waals surface area contributed by atoms with E-state index in [1.165, 1.54) is 22.9 Å². The van der Waals surface area contributed by atoms with Gasteiger partial charge in [-0.3, -0.25) is 0 Å². The van der Waals surface area contributed by atoms with E-state index in [4.69, 9.17) is 23.2 Å². The molecule has 0 saturated carbocycles. The first-order chi connectivity index (χ1) is 7.31. The molecule has 1 heterocycles. The van der Waals surface area contributed by atoms with E-state index in [1.807, 2.05) is 20.8 Å². The highest BCUT2D eigenvalue weighted by Gasteiger charge is 2.43. The lowest BCUT2D eigenvalue weighted by molar-refractivity contribution is -0.0344. The van der Waals surface area contributed by atoms with E-state index in [1.54, 1.807) is 0 Å². The monoisotopic (exact) mass is 263 g/mol. The molecule has 0 bridgehead atoms. The summed E-state index contributed by atoms with van der Waals surface area (Å²) in [6, 6.07) is 0. The zero-order valence-electron chi connectivity index (χ0n) is 9.48. The Kier molecular flexibility index (Phi) is 3.99. The molecule has 0 aliphatic carbocycles. The van der Waals surface area contributed by atoms with Gasteiger partial charge < -0.3 is 5.11 Å². The van der Waals surface area contributed by atoms with Gasteiger partial charge in [0, 0.05) is 5.54 Å². The second-order valence-electron chi connectivity index (χ2n) is 4.66. The molecule has 0 saturated heterocycles. The summed E-state index contributed by atoms with van der Waals surface area (Å²) in [7, 11) is 0. The van der Waals surface area contributed by atoms with Crippen LogP contribution >= 0.6 is 23.2 Å². The molecule has 0 aromatic carbocycles. The maximum Gasteiger partial charge on any atom is 0.137 e. The van der Waals surface area contributed by atoms with Crippen molar-refractivity contribution < 1.29 is 5.11 Å². The molecule has 6 heteroatoms. The molecule has 90 valence electrons. The van der Waals surface area contributed by atoms with Crippen molar-refractivity contribution >= 4 is 23.2 Å². The van der Waals surface area contributed by atoms with Crippen LogP contribution in [-0.4, -0.2) is 25.5 Å². The van der Waals surface area contributed by atoms with E-state index in [2.05, 4.69) is 10.1 Å². The first-order valence-electron chi connectivity index (χ1n) is 4.82. The maximum absolute atomic E-state index is 10.6. The number of nitrogens with zero attached hydrogens (tertiary/aromatic N) is 3. The summed E-state index contributed by atoms with van der Waals surface area (Å²) in [6.07, 6.45) is 2.93. The predicted molar refractivity (Wildman–Crippen MR) is 64.2 cm³/mol. The fourth-order valence-corrected chi connectivity index (χ4v) is 1.83. The smallest absolute Gasteiger partial charge is 0.137 e. The fraction of sp³-hybridized carbons (Fsp3) is 0.600. The SMILES string of the molecule is CC(C)(C)C(O)(Cn1cncn1)/C(Cl)=C\Cl. The Hall–Kier alpha value is -0.580. The molecule has 1 rings (SSSR count). The zero-order valence-corrected chi connectivity index (χ0v) is 11.0. The predicted octanol–water partition coefficient (Wildman–Crippen LogP) is 2.37. The minimum absolute atomic E-state index is 0.192. The van der Waals surface area contributed by atoms with Crippen LogP contribution in [0.1, 0.15) is 20.8 Å². The van der Waals surface area contributed by atoms with E-state index in [0.29, 0.717) is 0 Å². The fourth-order valence-electron chi connectivity index (χ4n) is 1.31. The third kappa shape index (κ3) is 2.56. The van der Waals surface area contributed by atoms with Crippen molar-refractivity contribution in [2.24, 2.45) is 5.41 Å². The van der Waals surface area contributed by atoms with Crippen LogP contribution in [0.4, 0.5) is 0 Å². The summed E-state index contributed by atoms with van der Waals surface area (Å²) in [4.78, 5) is 3.82. The summed E-state index contributed by atoms with van der Waals surface area (Å²) in [6.45, 7) is 5.85. The van der Waals surface area contributed by atoms with Crippen LogP contribution in [0.25, 0.3) is 0 Å². The van der Waals surface area contributed by atoms with Crippen molar-refractivity contribution in [2.75, 3.05) is 0 Å². The van der Waals surface area contributed by atoms with Gasteiger partial charge in [0.1, 0.15) is 18.3 Å². The average Bonchev–Trinajstić information content (AvgIpc) is 2.67. The van der Waals surface area contributed by atoms with Crippen molar-refractivity contribution in [3.63, 3.8) is 0 Å². The highest BCUT2D eigenvalue weighted by atomic mass is 35.5. The van der Waals surface area contributed by atoms with Gasteiger partial charge in [0.25, 0.3) is 0 Å². The first-order valence-corrected chi connectivity index (χ1v) is 5.64. The molecule has 0 aliphatic heterocycles. The number of aliphatic hydroxyl groups is 1. The topological polar surface area (TPSA) is 50.9 Å². The van der Waals surface area contributed by atoms with E-state index in [0.717, 1.165) is 0 Å². The second kappa shape index (κ2) is 4.73. The van der Waals surface area contributed by atoms with E-state index in [-0.39, 0.29) is 11.6 Å². The lowest BCUT2D eigenvalue weighted by atomic mass is 9.76. The van der Waals surface area contributed by atoms with Gasteiger partial charge >= 0.3 is 0 Å². The van der Waals surface area contributed by atoms with Crippen molar-refractivity contribution in [1.82, 2.24) is 14.8 Å². The molecule has 1 N–H and O–H groups in total. The Balaban J connectivity index is 3.06. The Labute approximate surface area is 105 Å². The zero-order chi connectivity index (χ0) is 12.4. The molecule has 1 unspecified atom stereocenters. The van der Waals surface area contributed by atoms with Crippen LogP contribution in [0.3, 0.4) is 0 Å². The molecule has 0 aliphatic rings. The number of halogens is 2. The third-order valence-electron chi connectivity index (χ3n) is 2.59. The van der Waals surface area contributed by atoms with Gasteiger partial charge in [-0.15, -0.1) is 0 Å². The second-order valence-corrected chi connectivity index (χ2v) is 5.29. The van der Waals surface area contributed by atoms with Crippen LogP contribution < -0.4 is 0 Å². The molecule has 0 amide bonds. The van der Waals surface area contributed by atoms with Crippen LogP contribution in [0.2, 0.25) is 0 Å². The summed E-state index contributed by atoms with van der Waals surface area (Å²) in [5.41, 5.74) is -0.560. The summed E-state index contributed by atoms with van der Waals surface area (Å²) >= 11 is 11.6. The Morgan fingerprint density at radius 2 is 2.12 bits per heavy atom. The van der Waals surface area contributed by atoms with Crippen LogP contribution in [0, 0.1) is 5.41 Å². The molecule has 0 fully saturated rings. The minimum Gasteiger partial charge on any atom is -0.382 e. The first kappa shape index (κ1) is 13.5. The van der Waals surface area contributed by atoms with E-state index in [9.17, 15) is 5.11 Å². The molecule has 1 aromatic heterocycles. The summed E-state index contributed by atoms with van der Waals surface area (Å²) in [5.74, 6) is 0. The van der Waals surface area contributed by atoms with Gasteiger partial charge in [-0.2, -0.15) is 5.10 Å². The summed E-state index contributed by atoms with van der Waals surface area (Å²) < 4.78 is 1.52. The summed E-state index contributed by atoms with van der Waals surface area (Å²) in [5, 5.41) is 14.8. The van der Waals surface area contributed by atoms with Crippen molar-refractivity contribution in [3.8, 4) is 0 Å². The third-order valence-corrected chi connectivity index (χ3v) is 3.34. The van der Waals surface area contributed by atoms with E-state index < -0.39 is 11.0 Å². The van der Waals surface area contributed by atoms with Gasteiger partial charge in [0.05, 0.1) is 11.6 Å². The van der Waals surface area contributed by atoms with Gasteiger partial charge in [0.2, 0.25) is 0 Å². The van der Waals surface area contributed by atoms with Gasteiger partial charge in [-0.1, -0.05) is 44.0 Å². The molecule has 1 aromatic rings. The van der Waals surface area contributed by atoms with Crippen LogP contribution in [0.5, 0.6) is 0 Å². The quantitative estimate of drug-likeness (QED) is 0.911. The van der Waals surface area contributed by atoms with Crippen molar-refractivity contribution in [1.29, 1.82) is 0 Å². The van der Waals surface area contributed by atoms with Crippen molar-refractivity contribution in [3.05, 3.63) is 23.2 Å². The normalized spacial score (nSPS) is 17.2. The van der Waals surface area contributed by atoms with Gasteiger partial charge in [-0.25, -0.2) is 9.67 Å².